The summed E-state index contributed by atoms with van der Waals surface area (Å²) < 4.78 is 8.85. The van der Waals surface area contributed by atoms with Crippen molar-refractivity contribution in [1.82, 2.24) is 9.88 Å². The van der Waals surface area contributed by atoms with E-state index in [9.17, 15) is 24.6 Å². The molecule has 1 aliphatic heterocycles. The minimum atomic E-state index is -1.53. The van der Waals surface area contributed by atoms with Crippen LogP contribution in [0.3, 0.4) is 0 Å². The van der Waals surface area contributed by atoms with Crippen molar-refractivity contribution in [1.29, 1.82) is 0 Å². The molecule has 3 aromatic rings. The molecule has 2 heterocycles. The van der Waals surface area contributed by atoms with Crippen LogP contribution in [0.15, 0.2) is 58.0 Å². The van der Waals surface area contributed by atoms with Crippen LogP contribution in [0.2, 0.25) is 0 Å². The number of aromatic hydroxyl groups is 2. The van der Waals surface area contributed by atoms with Gasteiger partial charge in [0.25, 0.3) is 0 Å². The second kappa shape index (κ2) is 8.62. The van der Waals surface area contributed by atoms with Crippen LogP contribution >= 0.6 is 15.9 Å². The van der Waals surface area contributed by atoms with Gasteiger partial charge in [-0.1, -0.05) is 22.0 Å². The number of allylic oxidation sites excluding steroid dienone is 4. The smallest absolute Gasteiger partial charge is 0.194 e. The third kappa shape index (κ3) is 3.60. The van der Waals surface area contributed by atoms with Crippen LogP contribution in [0.4, 0.5) is 0 Å². The van der Waals surface area contributed by atoms with Crippen LogP contribution in [0.5, 0.6) is 17.2 Å². The Bertz CT molecular complexity index is 1610. The number of nitrogens with zero attached hydrogens (tertiary/aromatic N) is 1. The molecule has 8 nitrogen and oxygen atoms in total. The van der Waals surface area contributed by atoms with Gasteiger partial charge in [0, 0.05) is 46.6 Å². The van der Waals surface area contributed by atoms with Gasteiger partial charge in [-0.3, -0.25) is 14.4 Å². The average molecular weight is 565 g/mol. The van der Waals surface area contributed by atoms with Crippen LogP contribution in [0.1, 0.15) is 42.3 Å². The van der Waals surface area contributed by atoms with Gasteiger partial charge in [-0.15, -0.1) is 0 Å². The molecule has 9 heteroatoms. The number of carbonyl (C=O) groups is 3. The number of phenolic OH excluding ortho intramolecular Hbond substituents is 2. The minimum absolute atomic E-state index is 0.0150. The van der Waals surface area contributed by atoms with Crippen molar-refractivity contribution < 1.29 is 29.3 Å². The van der Waals surface area contributed by atoms with E-state index >= 15 is 0 Å². The zero-order valence-electron chi connectivity index (χ0n) is 20.7. The lowest BCUT2D eigenvalue weighted by molar-refractivity contribution is -0.123. The van der Waals surface area contributed by atoms with E-state index in [1.54, 1.807) is 13.8 Å². The molecule has 0 saturated heterocycles. The van der Waals surface area contributed by atoms with Crippen LogP contribution in [0.25, 0.3) is 10.9 Å². The number of ketones is 3. The Hall–Kier alpha value is -3.85. The summed E-state index contributed by atoms with van der Waals surface area (Å²) in [5.41, 5.74) is -0.111. The number of phenols is 2. The number of hydrogen-bond donors (Lipinski definition) is 3. The Labute approximate surface area is 221 Å². The molecule has 1 aliphatic carbocycles. The van der Waals surface area contributed by atoms with Gasteiger partial charge in [0.05, 0.1) is 11.1 Å². The Kier molecular flexibility index (Phi) is 5.79. The molecule has 0 spiro atoms. The zero-order valence-corrected chi connectivity index (χ0v) is 22.3. The summed E-state index contributed by atoms with van der Waals surface area (Å²) >= 11 is 3.50. The molecule has 2 aliphatic rings. The topological polar surface area (TPSA) is 118 Å². The maximum Gasteiger partial charge on any atom is 0.194 e. The molecule has 190 valence electrons. The molecular formula is C28H25BrN2O6. The summed E-state index contributed by atoms with van der Waals surface area (Å²) in [7, 11) is 0. The van der Waals surface area contributed by atoms with Crippen molar-refractivity contribution in [2.24, 2.45) is 0 Å². The second-order valence-electron chi connectivity index (χ2n) is 9.53. The van der Waals surface area contributed by atoms with Crippen molar-refractivity contribution in [3.63, 3.8) is 0 Å². The largest absolute Gasteiger partial charge is 0.507 e. The molecular weight excluding hydrogens is 540 g/mol. The average Bonchev–Trinajstić information content (AvgIpc) is 3.36. The normalized spacial score (nSPS) is 19.9. The molecule has 2 aromatic carbocycles. The number of hydrogen-bond acceptors (Lipinski definition) is 7. The summed E-state index contributed by atoms with van der Waals surface area (Å²) in [6.45, 7) is 6.98. The fraction of sp³-hybridized carbons (Fsp3) is 0.250. The number of benzene rings is 2. The lowest BCUT2D eigenvalue weighted by Crippen LogP contribution is -2.41. The number of carbonyl (C=O) groups excluding carboxylic acids is 3. The molecule has 1 aromatic heterocycles. The van der Waals surface area contributed by atoms with E-state index in [4.69, 9.17) is 4.74 Å². The van der Waals surface area contributed by atoms with E-state index in [1.807, 2.05) is 30.5 Å². The molecule has 0 saturated carbocycles. The lowest BCUT2D eigenvalue weighted by Gasteiger charge is -2.29. The number of aromatic nitrogens is 1. The van der Waals surface area contributed by atoms with Crippen LogP contribution < -0.4 is 10.1 Å². The van der Waals surface area contributed by atoms with Crippen molar-refractivity contribution in [2.45, 2.75) is 39.7 Å². The lowest BCUT2D eigenvalue weighted by atomic mass is 9.70. The van der Waals surface area contributed by atoms with Gasteiger partial charge in [-0.25, -0.2) is 0 Å². The molecule has 37 heavy (non-hydrogen) atoms. The standard InChI is InChI=1S/C28H25BrN2O6/c1-13-24(34)22(15(3)32)26-23(25(13)35)28(4)20(37-26)12-19(33)21(27(28)36)14(2)30-8-10-31-9-7-16-5-6-17(29)11-18(16)31/h5-7,9,11-12,30,34-35H,8,10H2,1-4H3/b21-14+/t28-/m1/s1. The first-order valence-corrected chi connectivity index (χ1v) is 12.5. The highest BCUT2D eigenvalue weighted by atomic mass is 79.9. The van der Waals surface area contributed by atoms with Gasteiger partial charge in [0.1, 0.15) is 34.0 Å². The predicted octanol–water partition coefficient (Wildman–Crippen LogP) is 4.58. The molecule has 0 fully saturated rings. The third-order valence-corrected chi connectivity index (χ3v) is 7.73. The zero-order chi connectivity index (χ0) is 26.8. The Morgan fingerprint density at radius 1 is 1.16 bits per heavy atom. The fourth-order valence-corrected chi connectivity index (χ4v) is 5.52. The van der Waals surface area contributed by atoms with Crippen molar-refractivity contribution >= 4 is 44.2 Å². The van der Waals surface area contributed by atoms with Gasteiger partial charge < -0.3 is 24.8 Å². The first-order valence-electron chi connectivity index (χ1n) is 11.7. The fourth-order valence-electron chi connectivity index (χ4n) is 5.17. The summed E-state index contributed by atoms with van der Waals surface area (Å²) in [5.74, 6) is -2.41. The van der Waals surface area contributed by atoms with E-state index in [1.165, 1.54) is 19.9 Å². The van der Waals surface area contributed by atoms with E-state index in [0.29, 0.717) is 18.8 Å². The number of ether oxygens (including phenoxy) is 1. The predicted molar refractivity (Wildman–Crippen MR) is 141 cm³/mol. The minimum Gasteiger partial charge on any atom is -0.507 e. The molecule has 0 bridgehead atoms. The monoisotopic (exact) mass is 564 g/mol. The van der Waals surface area contributed by atoms with Gasteiger partial charge in [0.2, 0.25) is 0 Å². The Balaban J connectivity index is 1.50. The summed E-state index contributed by atoms with van der Waals surface area (Å²) in [6.07, 6.45) is 3.20. The molecule has 1 atom stereocenters. The van der Waals surface area contributed by atoms with E-state index in [0.717, 1.165) is 15.4 Å². The Morgan fingerprint density at radius 2 is 1.89 bits per heavy atom. The highest BCUT2D eigenvalue weighted by Gasteiger charge is 2.56. The van der Waals surface area contributed by atoms with Gasteiger partial charge >= 0.3 is 0 Å². The molecule has 0 amide bonds. The Morgan fingerprint density at radius 3 is 2.59 bits per heavy atom. The second-order valence-corrected chi connectivity index (χ2v) is 10.4. The summed E-state index contributed by atoms with van der Waals surface area (Å²) in [6, 6.07) is 8.05. The van der Waals surface area contributed by atoms with Gasteiger partial charge in [-0.2, -0.15) is 0 Å². The van der Waals surface area contributed by atoms with Gasteiger partial charge in [0.15, 0.2) is 17.3 Å². The van der Waals surface area contributed by atoms with Crippen molar-refractivity contribution in [3.05, 3.63) is 74.7 Å². The van der Waals surface area contributed by atoms with E-state index < -0.39 is 28.5 Å². The number of Topliss-reactive ketones (excluding diaryl/α,β-unsaturated/α-hetero) is 2. The van der Waals surface area contributed by atoms with E-state index in [2.05, 4.69) is 25.8 Å². The number of nitrogens with one attached hydrogen (secondary N) is 1. The van der Waals surface area contributed by atoms with Crippen molar-refractivity contribution in [3.8, 4) is 17.2 Å². The highest BCUT2D eigenvalue weighted by molar-refractivity contribution is 9.10. The molecule has 5 rings (SSSR count). The quantitative estimate of drug-likeness (QED) is 0.236. The van der Waals surface area contributed by atoms with Crippen LogP contribution in [0, 0.1) is 6.92 Å². The highest BCUT2D eigenvalue weighted by Crippen LogP contribution is 2.57. The summed E-state index contributed by atoms with van der Waals surface area (Å²) in [4.78, 5) is 39.2. The number of halogens is 1. The van der Waals surface area contributed by atoms with Crippen molar-refractivity contribution in [2.75, 3.05) is 6.54 Å². The van der Waals surface area contributed by atoms with Gasteiger partial charge in [-0.05, 0) is 51.3 Å². The summed E-state index contributed by atoms with van der Waals surface area (Å²) in [5, 5.41) is 25.7. The van der Waals surface area contributed by atoms with Crippen LogP contribution in [-0.4, -0.2) is 38.7 Å². The van der Waals surface area contributed by atoms with Crippen LogP contribution in [-0.2, 0) is 21.5 Å². The molecule has 0 unspecified atom stereocenters. The maximum absolute atomic E-state index is 13.9. The first-order chi connectivity index (χ1) is 17.5. The SMILES string of the molecule is CC(=O)c1c(O)c(C)c(O)c2c1OC1=CC(=O)/C(=C(/C)NCCn3ccc4ccc(Br)cc43)C(=O)[C@]12C. The third-order valence-electron chi connectivity index (χ3n) is 7.24. The first kappa shape index (κ1) is 24.8. The maximum atomic E-state index is 13.9. The van der Waals surface area contributed by atoms with E-state index in [-0.39, 0.29) is 39.5 Å². The number of fused-ring (bicyclic) bond motifs is 4. The molecule has 3 N–H and O–H groups in total. The molecule has 0 radical (unpaired) electrons. The number of rotatable bonds is 5.